The lowest BCUT2D eigenvalue weighted by Crippen LogP contribution is -1.89. The summed E-state index contributed by atoms with van der Waals surface area (Å²) in [4.78, 5) is 0. The van der Waals surface area contributed by atoms with Crippen molar-refractivity contribution in [3.05, 3.63) is 72.8 Å². The van der Waals surface area contributed by atoms with Crippen LogP contribution >= 0.6 is 0 Å². The van der Waals surface area contributed by atoms with Crippen LogP contribution in [0.4, 0.5) is 0 Å². The Morgan fingerprint density at radius 1 is 0.950 bits per heavy atom. The summed E-state index contributed by atoms with van der Waals surface area (Å²) >= 11 is 0. The lowest BCUT2D eigenvalue weighted by atomic mass is 9.97. The average molecular weight is 266 g/mol. The third-order valence-electron chi connectivity index (χ3n) is 3.22. The van der Waals surface area contributed by atoms with Gasteiger partial charge in [-0.1, -0.05) is 36.4 Å². The lowest BCUT2D eigenvalue weighted by molar-refractivity contribution is 0.442. The highest BCUT2D eigenvalue weighted by molar-refractivity contribution is 5.74. The quantitative estimate of drug-likeness (QED) is 0.795. The number of hydrogen-bond donors (Lipinski definition) is 2. The summed E-state index contributed by atoms with van der Waals surface area (Å²) in [5.41, 5.74) is 3.28. The van der Waals surface area contributed by atoms with Crippen LogP contribution in [-0.4, -0.2) is 10.2 Å². The van der Waals surface area contributed by atoms with E-state index in [-0.39, 0.29) is 11.5 Å². The van der Waals surface area contributed by atoms with Gasteiger partial charge in [-0.2, -0.15) is 0 Å². The highest BCUT2D eigenvalue weighted by atomic mass is 16.3. The third-order valence-corrected chi connectivity index (χ3v) is 3.22. The smallest absolute Gasteiger partial charge is 0.130 e. The molecule has 2 N–H and O–H groups in total. The van der Waals surface area contributed by atoms with Crippen LogP contribution in [0.3, 0.4) is 0 Å². The molecular formula is C18H18O2. The van der Waals surface area contributed by atoms with Gasteiger partial charge >= 0.3 is 0 Å². The number of allylic oxidation sites excluding steroid dienone is 2. The molecule has 0 bridgehead atoms. The molecule has 20 heavy (non-hydrogen) atoms. The number of phenols is 2. The Bertz CT molecular complexity index is 642. The molecule has 0 spiro atoms. The number of rotatable bonds is 5. The standard InChI is InChI=1S/C18H18O2/c1-3-6-13-8-5-9-14(12-13)15-10-11-17(19)16(7-4-2)18(15)20/h3-5,8-12,19-20H,1-2,6-7H2. The maximum atomic E-state index is 10.3. The molecule has 102 valence electrons. The van der Waals surface area contributed by atoms with Gasteiger partial charge < -0.3 is 10.2 Å². The first-order valence-electron chi connectivity index (χ1n) is 6.52. The summed E-state index contributed by atoms with van der Waals surface area (Å²) < 4.78 is 0. The zero-order valence-electron chi connectivity index (χ0n) is 11.3. The summed E-state index contributed by atoms with van der Waals surface area (Å²) in [6.07, 6.45) is 4.72. The molecule has 2 heteroatoms. The largest absolute Gasteiger partial charge is 0.508 e. The van der Waals surface area contributed by atoms with E-state index >= 15 is 0 Å². The van der Waals surface area contributed by atoms with Crippen molar-refractivity contribution < 1.29 is 10.2 Å². The maximum absolute atomic E-state index is 10.3. The van der Waals surface area contributed by atoms with Crippen LogP contribution in [0.2, 0.25) is 0 Å². The number of hydrogen-bond acceptors (Lipinski definition) is 2. The van der Waals surface area contributed by atoms with Crippen molar-refractivity contribution >= 4 is 0 Å². The second kappa shape index (κ2) is 6.11. The van der Waals surface area contributed by atoms with Crippen molar-refractivity contribution in [1.29, 1.82) is 0 Å². The van der Waals surface area contributed by atoms with Crippen LogP contribution in [0.5, 0.6) is 11.5 Å². The number of benzene rings is 2. The van der Waals surface area contributed by atoms with Gasteiger partial charge in [-0.05, 0) is 36.1 Å². The maximum Gasteiger partial charge on any atom is 0.130 e. The first-order chi connectivity index (χ1) is 9.67. The zero-order chi connectivity index (χ0) is 14.5. The molecule has 0 aliphatic rings. The van der Waals surface area contributed by atoms with Crippen molar-refractivity contribution in [2.45, 2.75) is 12.8 Å². The number of phenolic OH excluding ortho intramolecular Hbond substituents is 2. The Morgan fingerprint density at radius 3 is 2.40 bits per heavy atom. The predicted molar refractivity (Wildman–Crippen MR) is 83.0 cm³/mol. The van der Waals surface area contributed by atoms with E-state index in [1.807, 2.05) is 30.3 Å². The van der Waals surface area contributed by atoms with E-state index in [2.05, 4.69) is 13.2 Å². The van der Waals surface area contributed by atoms with Crippen molar-refractivity contribution in [2.75, 3.05) is 0 Å². The van der Waals surface area contributed by atoms with Crippen molar-refractivity contribution in [2.24, 2.45) is 0 Å². The summed E-state index contributed by atoms with van der Waals surface area (Å²) in [6.45, 7) is 7.38. The monoisotopic (exact) mass is 266 g/mol. The molecule has 0 radical (unpaired) electrons. The van der Waals surface area contributed by atoms with Gasteiger partial charge in [0.1, 0.15) is 11.5 Å². The minimum Gasteiger partial charge on any atom is -0.508 e. The molecule has 2 nitrogen and oxygen atoms in total. The first-order valence-corrected chi connectivity index (χ1v) is 6.52. The van der Waals surface area contributed by atoms with Crippen molar-refractivity contribution in [3.8, 4) is 22.6 Å². The van der Waals surface area contributed by atoms with Gasteiger partial charge in [0.2, 0.25) is 0 Å². The van der Waals surface area contributed by atoms with E-state index in [1.165, 1.54) is 0 Å². The Balaban J connectivity index is 2.52. The number of aromatic hydroxyl groups is 2. The van der Waals surface area contributed by atoms with Crippen LogP contribution in [0.25, 0.3) is 11.1 Å². The van der Waals surface area contributed by atoms with Crippen LogP contribution in [0.1, 0.15) is 11.1 Å². The molecule has 0 heterocycles. The molecule has 0 amide bonds. The van der Waals surface area contributed by atoms with E-state index in [0.29, 0.717) is 17.5 Å². The van der Waals surface area contributed by atoms with E-state index in [0.717, 1.165) is 17.5 Å². The second-order valence-electron chi connectivity index (χ2n) is 4.65. The fourth-order valence-electron chi connectivity index (χ4n) is 2.24. The molecule has 0 fully saturated rings. The highest BCUT2D eigenvalue weighted by Crippen LogP contribution is 2.37. The van der Waals surface area contributed by atoms with Crippen molar-refractivity contribution in [3.63, 3.8) is 0 Å². The Kier molecular flexibility index (Phi) is 4.26. The third kappa shape index (κ3) is 2.75. The van der Waals surface area contributed by atoms with Crippen LogP contribution in [-0.2, 0) is 12.8 Å². The Labute approximate surface area is 119 Å². The van der Waals surface area contributed by atoms with Crippen LogP contribution < -0.4 is 0 Å². The summed E-state index contributed by atoms with van der Waals surface area (Å²) in [7, 11) is 0. The molecule has 0 unspecified atom stereocenters. The van der Waals surface area contributed by atoms with Gasteiger partial charge in [-0.15, -0.1) is 13.2 Å². The molecule has 0 saturated carbocycles. The average Bonchev–Trinajstić information content (AvgIpc) is 2.44. The normalized spacial score (nSPS) is 10.2. The van der Waals surface area contributed by atoms with E-state index < -0.39 is 0 Å². The van der Waals surface area contributed by atoms with E-state index in [9.17, 15) is 10.2 Å². The minimum atomic E-state index is 0.0911. The van der Waals surface area contributed by atoms with Gasteiger partial charge in [0.15, 0.2) is 0 Å². The molecule has 0 aromatic heterocycles. The molecule has 0 saturated heterocycles. The van der Waals surface area contributed by atoms with Gasteiger partial charge in [-0.25, -0.2) is 0 Å². The van der Waals surface area contributed by atoms with Gasteiger partial charge in [0.05, 0.1) is 0 Å². The van der Waals surface area contributed by atoms with Gasteiger partial charge in [0, 0.05) is 11.1 Å². The SMILES string of the molecule is C=CCc1cccc(-c2ccc(O)c(CC=C)c2O)c1. The Morgan fingerprint density at radius 2 is 1.70 bits per heavy atom. The molecular weight excluding hydrogens is 248 g/mol. The van der Waals surface area contributed by atoms with E-state index in [1.54, 1.807) is 18.2 Å². The minimum absolute atomic E-state index is 0.0911. The molecule has 0 atom stereocenters. The van der Waals surface area contributed by atoms with Crippen LogP contribution in [0.15, 0.2) is 61.7 Å². The topological polar surface area (TPSA) is 40.5 Å². The predicted octanol–water partition coefficient (Wildman–Crippen LogP) is 4.22. The molecule has 0 aliphatic heterocycles. The fraction of sp³-hybridized carbons (Fsp3) is 0.111. The molecule has 0 aliphatic carbocycles. The van der Waals surface area contributed by atoms with E-state index in [4.69, 9.17) is 0 Å². The highest BCUT2D eigenvalue weighted by Gasteiger charge is 2.12. The van der Waals surface area contributed by atoms with Gasteiger partial charge in [0.25, 0.3) is 0 Å². The van der Waals surface area contributed by atoms with Crippen LogP contribution in [0, 0.1) is 0 Å². The first kappa shape index (κ1) is 13.9. The summed E-state index contributed by atoms with van der Waals surface area (Å²) in [5.74, 6) is 0.203. The van der Waals surface area contributed by atoms with Crippen molar-refractivity contribution in [1.82, 2.24) is 0 Å². The Hall–Kier alpha value is -2.48. The lowest BCUT2D eigenvalue weighted by Gasteiger charge is -2.11. The van der Waals surface area contributed by atoms with Gasteiger partial charge in [-0.3, -0.25) is 0 Å². The fourth-order valence-corrected chi connectivity index (χ4v) is 2.24. The zero-order valence-corrected chi connectivity index (χ0v) is 11.3. The second-order valence-corrected chi connectivity index (χ2v) is 4.65. The summed E-state index contributed by atoms with van der Waals surface area (Å²) in [5, 5.41) is 20.2. The molecule has 2 aromatic carbocycles. The molecule has 2 aromatic rings. The summed E-state index contributed by atoms with van der Waals surface area (Å²) in [6, 6.07) is 11.3. The molecule has 2 rings (SSSR count).